The van der Waals surface area contributed by atoms with E-state index < -0.39 is 34.9 Å². The van der Waals surface area contributed by atoms with Gasteiger partial charge < -0.3 is 5.11 Å². The van der Waals surface area contributed by atoms with Crippen molar-refractivity contribution in [1.82, 2.24) is 9.44 Å². The molecule has 0 aromatic heterocycles. The SMILES string of the molecule is O=C(O)c1ccc2c(c1)C[C@H]1CC[C@@H](C2)[C@H]1NS(=O)(=O)NCC(F)(F)F. The molecule has 6 nitrogen and oxygen atoms in total. The third kappa shape index (κ3) is 4.36. The summed E-state index contributed by atoms with van der Waals surface area (Å²) in [4.78, 5) is 11.1. The van der Waals surface area contributed by atoms with E-state index in [4.69, 9.17) is 5.11 Å². The number of rotatable bonds is 5. The minimum absolute atomic E-state index is 0.0283. The molecule has 2 aliphatic rings. The molecule has 0 saturated heterocycles. The Morgan fingerprint density at radius 1 is 1.15 bits per heavy atom. The molecule has 1 fully saturated rings. The minimum Gasteiger partial charge on any atom is -0.478 e. The van der Waals surface area contributed by atoms with Gasteiger partial charge in [0.05, 0.1) is 5.56 Å². The molecule has 10 heteroatoms. The van der Waals surface area contributed by atoms with Crippen LogP contribution in [0.2, 0.25) is 0 Å². The lowest BCUT2D eigenvalue weighted by atomic mass is 9.92. The molecular formula is C16H19F3N2O4S. The number of carboxylic acid groups (broad SMARTS) is 1. The lowest BCUT2D eigenvalue weighted by Gasteiger charge is -2.23. The number of hydrogen-bond acceptors (Lipinski definition) is 3. The third-order valence-electron chi connectivity index (χ3n) is 5.10. The Morgan fingerprint density at radius 3 is 2.35 bits per heavy atom. The van der Waals surface area contributed by atoms with Crippen molar-refractivity contribution in [2.45, 2.75) is 37.9 Å². The van der Waals surface area contributed by atoms with Crippen LogP contribution in [0.4, 0.5) is 13.2 Å². The number of nitrogens with one attached hydrogen (secondary N) is 2. The maximum atomic E-state index is 12.3. The zero-order valence-electron chi connectivity index (χ0n) is 13.7. The van der Waals surface area contributed by atoms with Gasteiger partial charge in [0.25, 0.3) is 10.2 Å². The predicted molar refractivity (Wildman–Crippen MR) is 86.9 cm³/mol. The fourth-order valence-electron chi connectivity index (χ4n) is 3.93. The molecule has 0 spiro atoms. The summed E-state index contributed by atoms with van der Waals surface area (Å²) in [6.07, 6.45) is -2.04. The predicted octanol–water partition coefficient (Wildman–Crippen LogP) is 1.86. The minimum atomic E-state index is -4.62. The molecule has 1 aromatic rings. The standard InChI is InChI=1S/C16H19F3N2O4S/c17-16(18,19)8-20-26(24,25)21-14-10-2-3-11(14)6-13-7-12(15(22)23)4-1-9(13)5-10/h1,4,7,10-11,14,20-21H,2-3,5-6,8H2,(H,22,23)/t10-,11+,14+/m0/s1. The molecule has 0 unspecified atom stereocenters. The molecule has 3 rings (SSSR count). The van der Waals surface area contributed by atoms with Gasteiger partial charge in [0.1, 0.15) is 6.54 Å². The van der Waals surface area contributed by atoms with Crippen molar-refractivity contribution in [3.05, 3.63) is 34.9 Å². The van der Waals surface area contributed by atoms with Crippen LogP contribution in [0.25, 0.3) is 0 Å². The number of halogens is 3. The van der Waals surface area contributed by atoms with Crippen LogP contribution in [0.3, 0.4) is 0 Å². The molecular weight excluding hydrogens is 373 g/mol. The molecule has 0 amide bonds. The fourth-order valence-corrected chi connectivity index (χ4v) is 5.11. The summed E-state index contributed by atoms with van der Waals surface area (Å²) in [6, 6.07) is 4.39. The van der Waals surface area contributed by atoms with Gasteiger partial charge in [0.2, 0.25) is 0 Å². The summed E-state index contributed by atoms with van der Waals surface area (Å²) in [5.74, 6) is -1.14. The van der Waals surface area contributed by atoms with Gasteiger partial charge in [-0.1, -0.05) is 6.07 Å². The highest BCUT2D eigenvalue weighted by Crippen LogP contribution is 2.40. The van der Waals surface area contributed by atoms with Crippen molar-refractivity contribution in [2.24, 2.45) is 11.8 Å². The van der Waals surface area contributed by atoms with Gasteiger partial charge in [-0.3, -0.25) is 0 Å². The van der Waals surface area contributed by atoms with Crippen LogP contribution in [0, 0.1) is 11.8 Å². The van der Waals surface area contributed by atoms with Crippen LogP contribution in [0.5, 0.6) is 0 Å². The van der Waals surface area contributed by atoms with Crippen LogP contribution < -0.4 is 9.44 Å². The third-order valence-corrected chi connectivity index (χ3v) is 6.20. The van der Waals surface area contributed by atoms with Gasteiger partial charge >= 0.3 is 12.1 Å². The van der Waals surface area contributed by atoms with Gasteiger partial charge in [0.15, 0.2) is 0 Å². The summed E-state index contributed by atoms with van der Waals surface area (Å²) in [5, 5.41) is 9.13. The maximum absolute atomic E-state index is 12.3. The summed E-state index contributed by atoms with van der Waals surface area (Å²) < 4.78 is 64.7. The molecule has 2 bridgehead atoms. The summed E-state index contributed by atoms with van der Waals surface area (Å²) in [6.45, 7) is -1.62. The van der Waals surface area contributed by atoms with Crippen LogP contribution in [-0.2, 0) is 23.1 Å². The molecule has 3 atom stereocenters. The smallest absolute Gasteiger partial charge is 0.402 e. The Bertz CT molecular complexity index is 810. The van der Waals surface area contributed by atoms with Crippen molar-refractivity contribution in [1.29, 1.82) is 0 Å². The summed E-state index contributed by atoms with van der Waals surface area (Å²) >= 11 is 0. The Labute approximate surface area is 149 Å². The van der Waals surface area contributed by atoms with E-state index in [0.717, 1.165) is 24.0 Å². The second-order valence-corrected chi connectivity index (χ2v) is 8.41. The first-order chi connectivity index (χ1) is 12.0. The zero-order chi connectivity index (χ0) is 19.1. The number of carboxylic acids is 1. The van der Waals surface area contributed by atoms with Crippen molar-refractivity contribution >= 4 is 16.2 Å². The number of benzene rings is 1. The number of fused-ring (bicyclic) bond motifs is 3. The highest BCUT2D eigenvalue weighted by atomic mass is 32.2. The number of aromatic carboxylic acids is 1. The number of alkyl halides is 3. The van der Waals surface area contributed by atoms with E-state index in [2.05, 4.69) is 4.72 Å². The van der Waals surface area contributed by atoms with E-state index >= 15 is 0 Å². The monoisotopic (exact) mass is 392 g/mol. The van der Waals surface area contributed by atoms with E-state index in [1.165, 1.54) is 10.8 Å². The Hall–Kier alpha value is -1.65. The molecule has 0 aliphatic heterocycles. The van der Waals surface area contributed by atoms with Crippen LogP contribution in [-0.4, -0.2) is 38.3 Å². The van der Waals surface area contributed by atoms with Gasteiger partial charge in [-0.05, 0) is 60.8 Å². The van der Waals surface area contributed by atoms with Gasteiger partial charge in [-0.15, -0.1) is 0 Å². The second-order valence-electron chi connectivity index (χ2n) is 6.88. The first-order valence-corrected chi connectivity index (χ1v) is 9.71. The molecule has 1 saturated carbocycles. The van der Waals surface area contributed by atoms with E-state index in [1.807, 2.05) is 0 Å². The number of carbonyl (C=O) groups is 1. The molecule has 0 heterocycles. The topological polar surface area (TPSA) is 95.5 Å². The second kappa shape index (κ2) is 6.82. The Morgan fingerprint density at radius 2 is 1.77 bits per heavy atom. The van der Waals surface area contributed by atoms with Crippen molar-refractivity contribution < 1.29 is 31.5 Å². The van der Waals surface area contributed by atoms with Crippen molar-refractivity contribution in [2.75, 3.05) is 6.54 Å². The first-order valence-electron chi connectivity index (χ1n) is 8.23. The molecule has 26 heavy (non-hydrogen) atoms. The summed E-state index contributed by atoms with van der Waals surface area (Å²) in [7, 11) is -4.28. The molecule has 3 N–H and O–H groups in total. The van der Waals surface area contributed by atoms with E-state index in [0.29, 0.717) is 12.8 Å². The van der Waals surface area contributed by atoms with E-state index in [-0.39, 0.29) is 17.4 Å². The Kier molecular flexibility index (Phi) is 5.02. The summed E-state index contributed by atoms with van der Waals surface area (Å²) in [5.41, 5.74) is 2.00. The van der Waals surface area contributed by atoms with Crippen LogP contribution >= 0.6 is 0 Å². The van der Waals surface area contributed by atoms with Gasteiger partial charge in [-0.2, -0.15) is 31.0 Å². The average Bonchev–Trinajstić information content (AvgIpc) is 2.79. The molecule has 2 aliphatic carbocycles. The molecule has 144 valence electrons. The quantitative estimate of drug-likeness (QED) is 0.713. The van der Waals surface area contributed by atoms with E-state index in [9.17, 15) is 26.4 Å². The lowest BCUT2D eigenvalue weighted by molar-refractivity contribution is -0.121. The number of hydrogen-bond donors (Lipinski definition) is 3. The average molecular weight is 392 g/mol. The normalized spacial score (nSPS) is 25.6. The van der Waals surface area contributed by atoms with Crippen molar-refractivity contribution in [3.63, 3.8) is 0 Å². The van der Waals surface area contributed by atoms with Crippen molar-refractivity contribution in [3.8, 4) is 0 Å². The highest BCUT2D eigenvalue weighted by molar-refractivity contribution is 7.87. The molecule has 1 aromatic carbocycles. The maximum Gasteiger partial charge on any atom is 0.402 e. The van der Waals surface area contributed by atoms with Gasteiger partial charge in [-0.25, -0.2) is 4.79 Å². The molecule has 0 radical (unpaired) electrons. The zero-order valence-corrected chi connectivity index (χ0v) is 14.5. The van der Waals surface area contributed by atoms with Crippen LogP contribution in [0.1, 0.15) is 34.3 Å². The first kappa shape index (κ1) is 19.1. The largest absolute Gasteiger partial charge is 0.478 e. The fraction of sp³-hybridized carbons (Fsp3) is 0.562. The van der Waals surface area contributed by atoms with Gasteiger partial charge in [0, 0.05) is 6.04 Å². The van der Waals surface area contributed by atoms with E-state index in [1.54, 1.807) is 12.1 Å². The Balaban J connectivity index is 1.77. The lowest BCUT2D eigenvalue weighted by Crippen LogP contribution is -2.49. The van der Waals surface area contributed by atoms with Crippen LogP contribution in [0.15, 0.2) is 18.2 Å². The highest BCUT2D eigenvalue weighted by Gasteiger charge is 2.41.